The molecule has 5 nitrogen and oxygen atoms in total. The number of nitrogens with zero attached hydrogens (tertiary/aromatic N) is 1. The first-order valence-electron chi connectivity index (χ1n) is 5.62. The molecule has 0 fully saturated rings. The van der Waals surface area contributed by atoms with Gasteiger partial charge in [-0.15, -0.1) is 0 Å². The van der Waals surface area contributed by atoms with Gasteiger partial charge in [-0.3, -0.25) is 14.9 Å². The molecule has 0 saturated heterocycles. The largest absolute Gasteiger partial charge is 0.348 e. The fourth-order valence-electron chi connectivity index (χ4n) is 1.61. The lowest BCUT2D eigenvalue weighted by Crippen LogP contribution is -2.36. The zero-order chi connectivity index (χ0) is 13.7. The third-order valence-corrected chi connectivity index (χ3v) is 3.47. The molecule has 98 valence electrons. The number of aryl methyl sites for hydroxylation is 1. The van der Waals surface area contributed by atoms with Crippen LogP contribution in [-0.4, -0.2) is 22.2 Å². The second-order valence-electron chi connectivity index (χ2n) is 3.96. The first kappa shape index (κ1) is 14.6. The molecule has 0 aromatic heterocycles. The Labute approximate surface area is 114 Å². The highest BCUT2D eigenvalue weighted by atomic mass is 79.9. The predicted octanol–water partition coefficient (Wildman–Crippen LogP) is 2.81. The van der Waals surface area contributed by atoms with Crippen LogP contribution in [0.1, 0.15) is 29.3 Å². The molecular weight excluding hydrogens is 300 g/mol. The molecule has 0 saturated carbocycles. The highest BCUT2D eigenvalue weighted by Crippen LogP contribution is 2.21. The van der Waals surface area contributed by atoms with Gasteiger partial charge in [-0.1, -0.05) is 35.0 Å². The van der Waals surface area contributed by atoms with Crippen LogP contribution in [-0.2, 0) is 0 Å². The number of nitro benzene ring substituents is 1. The molecule has 1 N–H and O–H groups in total. The van der Waals surface area contributed by atoms with Crippen molar-refractivity contribution in [2.24, 2.45) is 0 Å². The lowest BCUT2D eigenvalue weighted by atomic mass is 10.1. The van der Waals surface area contributed by atoms with Crippen LogP contribution in [0.4, 0.5) is 5.69 Å². The summed E-state index contributed by atoms with van der Waals surface area (Å²) in [6, 6.07) is 4.58. The van der Waals surface area contributed by atoms with E-state index in [4.69, 9.17) is 0 Å². The van der Waals surface area contributed by atoms with Crippen LogP contribution < -0.4 is 5.32 Å². The Morgan fingerprint density at radius 2 is 2.22 bits per heavy atom. The Morgan fingerprint density at radius 3 is 2.72 bits per heavy atom. The van der Waals surface area contributed by atoms with Crippen LogP contribution in [0.3, 0.4) is 0 Å². The van der Waals surface area contributed by atoms with Gasteiger partial charge < -0.3 is 5.32 Å². The summed E-state index contributed by atoms with van der Waals surface area (Å²) >= 11 is 3.29. The molecular formula is C12H15BrN2O3. The first-order valence-corrected chi connectivity index (χ1v) is 6.74. The molecule has 0 heterocycles. The Kier molecular flexibility index (Phi) is 5.27. The highest BCUT2D eigenvalue weighted by Gasteiger charge is 2.23. The van der Waals surface area contributed by atoms with Gasteiger partial charge >= 0.3 is 0 Å². The van der Waals surface area contributed by atoms with Gasteiger partial charge in [0.1, 0.15) is 5.56 Å². The highest BCUT2D eigenvalue weighted by molar-refractivity contribution is 9.09. The second-order valence-corrected chi connectivity index (χ2v) is 4.61. The van der Waals surface area contributed by atoms with Gasteiger partial charge in [0.25, 0.3) is 11.6 Å². The van der Waals surface area contributed by atoms with Crippen molar-refractivity contribution in [2.45, 2.75) is 26.3 Å². The lowest BCUT2D eigenvalue weighted by molar-refractivity contribution is -0.385. The maximum Gasteiger partial charge on any atom is 0.282 e. The summed E-state index contributed by atoms with van der Waals surface area (Å²) < 4.78 is 0. The summed E-state index contributed by atoms with van der Waals surface area (Å²) in [6.07, 6.45) is 0.761. The van der Waals surface area contributed by atoms with E-state index in [0.717, 1.165) is 6.42 Å². The number of nitro groups is 1. The number of carbonyl (C=O) groups excluding carboxylic acids is 1. The molecule has 6 heteroatoms. The zero-order valence-electron chi connectivity index (χ0n) is 10.3. The molecule has 0 aliphatic heterocycles. The van der Waals surface area contributed by atoms with E-state index in [1.165, 1.54) is 6.07 Å². The number of nitrogens with one attached hydrogen (secondary N) is 1. The molecule has 0 aliphatic carbocycles. The van der Waals surface area contributed by atoms with Crippen LogP contribution in [0, 0.1) is 17.0 Å². The molecule has 0 radical (unpaired) electrons. The Bertz CT molecular complexity index is 459. The van der Waals surface area contributed by atoms with Gasteiger partial charge in [0.05, 0.1) is 4.92 Å². The number of alkyl halides is 1. The fourth-order valence-corrected chi connectivity index (χ4v) is 2.23. The molecule has 1 aromatic carbocycles. The van der Waals surface area contributed by atoms with Crippen molar-refractivity contribution >= 4 is 27.5 Å². The average molecular weight is 315 g/mol. The van der Waals surface area contributed by atoms with Crippen molar-refractivity contribution in [1.29, 1.82) is 0 Å². The standard InChI is InChI=1S/C12H15BrN2O3/c1-3-9(7-13)14-12(16)11-8(2)5-4-6-10(11)15(17)18/h4-6,9H,3,7H2,1-2H3,(H,14,16). The molecule has 1 rings (SSSR count). The number of carbonyl (C=O) groups is 1. The molecule has 0 aliphatic rings. The Morgan fingerprint density at radius 1 is 1.56 bits per heavy atom. The van der Waals surface area contributed by atoms with Crippen LogP contribution in [0.25, 0.3) is 0 Å². The summed E-state index contributed by atoms with van der Waals surface area (Å²) in [7, 11) is 0. The number of rotatable bonds is 5. The maximum absolute atomic E-state index is 12.1. The van der Waals surface area contributed by atoms with E-state index < -0.39 is 10.8 Å². The van der Waals surface area contributed by atoms with Gasteiger partial charge in [0.2, 0.25) is 0 Å². The van der Waals surface area contributed by atoms with Gasteiger partial charge in [0.15, 0.2) is 0 Å². The van der Waals surface area contributed by atoms with Crippen molar-refractivity contribution in [2.75, 3.05) is 5.33 Å². The summed E-state index contributed by atoms with van der Waals surface area (Å²) in [6.45, 7) is 3.63. The van der Waals surface area contributed by atoms with Crippen LogP contribution in [0.2, 0.25) is 0 Å². The molecule has 1 aromatic rings. The van der Waals surface area contributed by atoms with Crippen LogP contribution in [0.5, 0.6) is 0 Å². The van der Waals surface area contributed by atoms with Gasteiger partial charge in [-0.2, -0.15) is 0 Å². The van der Waals surface area contributed by atoms with E-state index >= 15 is 0 Å². The third kappa shape index (κ3) is 3.29. The van der Waals surface area contributed by atoms with Crippen molar-refractivity contribution in [3.05, 3.63) is 39.4 Å². The SMILES string of the molecule is CCC(CBr)NC(=O)c1c(C)cccc1[N+](=O)[O-]. The quantitative estimate of drug-likeness (QED) is 0.516. The Hall–Kier alpha value is -1.43. The van der Waals surface area contributed by atoms with Crippen molar-refractivity contribution in [1.82, 2.24) is 5.32 Å². The predicted molar refractivity (Wildman–Crippen MR) is 73.2 cm³/mol. The normalized spacial score (nSPS) is 11.9. The summed E-state index contributed by atoms with van der Waals surface area (Å²) in [4.78, 5) is 22.5. The van der Waals surface area contributed by atoms with Crippen molar-refractivity contribution in [3.8, 4) is 0 Å². The number of hydrogen-bond donors (Lipinski definition) is 1. The summed E-state index contributed by atoms with van der Waals surface area (Å²) in [5.41, 5.74) is 0.588. The maximum atomic E-state index is 12.1. The second kappa shape index (κ2) is 6.49. The summed E-state index contributed by atoms with van der Waals surface area (Å²) in [5.74, 6) is -0.397. The molecule has 0 spiro atoms. The third-order valence-electron chi connectivity index (χ3n) is 2.69. The van der Waals surface area contributed by atoms with E-state index in [1.54, 1.807) is 19.1 Å². The van der Waals surface area contributed by atoms with Crippen molar-refractivity contribution < 1.29 is 9.72 Å². The van der Waals surface area contributed by atoms with Gasteiger partial charge in [-0.25, -0.2) is 0 Å². The fraction of sp³-hybridized carbons (Fsp3) is 0.417. The minimum Gasteiger partial charge on any atom is -0.348 e. The number of halogens is 1. The van der Waals surface area contributed by atoms with E-state index in [1.807, 2.05) is 6.92 Å². The minimum absolute atomic E-state index is 0.0308. The van der Waals surface area contributed by atoms with Gasteiger partial charge in [-0.05, 0) is 18.9 Å². The smallest absolute Gasteiger partial charge is 0.282 e. The number of benzene rings is 1. The van der Waals surface area contributed by atoms with E-state index in [-0.39, 0.29) is 17.3 Å². The lowest BCUT2D eigenvalue weighted by Gasteiger charge is -2.14. The van der Waals surface area contributed by atoms with Gasteiger partial charge in [0, 0.05) is 17.4 Å². The average Bonchev–Trinajstić information content (AvgIpc) is 2.35. The molecule has 1 unspecified atom stereocenters. The Balaban J connectivity index is 3.08. The summed E-state index contributed by atoms with van der Waals surface area (Å²) in [5, 5.41) is 14.3. The number of hydrogen-bond acceptors (Lipinski definition) is 3. The molecule has 1 amide bonds. The molecule has 1 atom stereocenters. The number of amides is 1. The van der Waals surface area contributed by atoms with E-state index in [0.29, 0.717) is 10.9 Å². The van der Waals surface area contributed by atoms with E-state index in [9.17, 15) is 14.9 Å². The zero-order valence-corrected chi connectivity index (χ0v) is 11.9. The molecule has 18 heavy (non-hydrogen) atoms. The molecule has 0 bridgehead atoms. The monoisotopic (exact) mass is 314 g/mol. The minimum atomic E-state index is -0.531. The van der Waals surface area contributed by atoms with E-state index in [2.05, 4.69) is 21.2 Å². The topological polar surface area (TPSA) is 72.2 Å². The van der Waals surface area contributed by atoms with Crippen LogP contribution in [0.15, 0.2) is 18.2 Å². The van der Waals surface area contributed by atoms with Crippen molar-refractivity contribution in [3.63, 3.8) is 0 Å². The first-order chi connectivity index (χ1) is 8.51. The van der Waals surface area contributed by atoms with Crippen LogP contribution >= 0.6 is 15.9 Å².